The lowest BCUT2D eigenvalue weighted by Gasteiger charge is -2.20. The summed E-state index contributed by atoms with van der Waals surface area (Å²) in [6.07, 6.45) is 0. The van der Waals surface area contributed by atoms with Crippen molar-refractivity contribution in [1.29, 1.82) is 0 Å². The van der Waals surface area contributed by atoms with Crippen LogP contribution in [-0.2, 0) is 6.54 Å². The predicted molar refractivity (Wildman–Crippen MR) is 112 cm³/mol. The van der Waals surface area contributed by atoms with E-state index in [4.69, 9.17) is 4.74 Å². The Bertz CT molecular complexity index is 989. The maximum Gasteiger partial charge on any atom is 0.276 e. The van der Waals surface area contributed by atoms with Gasteiger partial charge in [-0.3, -0.25) is 9.59 Å². The second kappa shape index (κ2) is 9.50. The van der Waals surface area contributed by atoms with Gasteiger partial charge in [0, 0.05) is 24.3 Å². The number of nitrogens with one attached hydrogen (secondary N) is 1. The molecule has 0 aliphatic carbocycles. The Morgan fingerprint density at radius 1 is 0.931 bits per heavy atom. The van der Waals surface area contributed by atoms with Gasteiger partial charge in [0.15, 0.2) is 0 Å². The van der Waals surface area contributed by atoms with Crippen LogP contribution in [0.5, 0.6) is 5.75 Å². The molecule has 148 valence electrons. The van der Waals surface area contributed by atoms with Gasteiger partial charge in [0.2, 0.25) is 0 Å². The van der Waals surface area contributed by atoms with Crippen molar-refractivity contribution in [2.75, 3.05) is 18.6 Å². The number of ether oxygens (including phenoxy) is 1. The molecule has 6 heteroatoms. The fourth-order valence-corrected chi connectivity index (χ4v) is 2.98. The Labute approximate surface area is 170 Å². The van der Waals surface area contributed by atoms with E-state index >= 15 is 0 Å². The molecule has 0 spiro atoms. The SMILES string of the molecule is CCN(C(=O)c1cccc(C(=O)NCc2ccccc2OC)n1)c1ccccc1. The van der Waals surface area contributed by atoms with Crippen LogP contribution in [0.3, 0.4) is 0 Å². The molecule has 2 aromatic carbocycles. The number of methoxy groups -OCH3 is 1. The van der Waals surface area contributed by atoms with Crippen molar-refractivity contribution in [1.82, 2.24) is 10.3 Å². The molecule has 0 aliphatic heterocycles. The highest BCUT2D eigenvalue weighted by molar-refractivity contribution is 6.05. The molecule has 29 heavy (non-hydrogen) atoms. The van der Waals surface area contributed by atoms with Crippen molar-refractivity contribution in [3.63, 3.8) is 0 Å². The molecule has 0 unspecified atom stereocenters. The van der Waals surface area contributed by atoms with Crippen molar-refractivity contribution in [3.05, 3.63) is 89.7 Å². The zero-order valence-electron chi connectivity index (χ0n) is 16.5. The summed E-state index contributed by atoms with van der Waals surface area (Å²) in [7, 11) is 1.59. The number of hydrogen-bond donors (Lipinski definition) is 1. The van der Waals surface area contributed by atoms with E-state index in [1.807, 2.05) is 61.5 Å². The highest BCUT2D eigenvalue weighted by Crippen LogP contribution is 2.18. The topological polar surface area (TPSA) is 71.5 Å². The summed E-state index contributed by atoms with van der Waals surface area (Å²) in [5.74, 6) is 0.0949. The standard InChI is InChI=1S/C23H23N3O3/c1-3-26(18-11-5-4-6-12-18)23(28)20-14-9-13-19(25-20)22(27)24-16-17-10-7-8-15-21(17)29-2/h4-15H,3,16H2,1-2H3,(H,24,27). The summed E-state index contributed by atoms with van der Waals surface area (Å²) in [6, 6.07) is 21.7. The first kappa shape index (κ1) is 20.1. The van der Waals surface area contributed by atoms with Gasteiger partial charge in [-0.25, -0.2) is 4.98 Å². The third-order valence-corrected chi connectivity index (χ3v) is 4.46. The fraction of sp³-hybridized carbons (Fsp3) is 0.174. The van der Waals surface area contributed by atoms with Gasteiger partial charge in [-0.05, 0) is 37.3 Å². The zero-order valence-corrected chi connectivity index (χ0v) is 16.5. The molecule has 6 nitrogen and oxygen atoms in total. The smallest absolute Gasteiger partial charge is 0.276 e. The largest absolute Gasteiger partial charge is 0.496 e. The fourth-order valence-electron chi connectivity index (χ4n) is 2.98. The lowest BCUT2D eigenvalue weighted by molar-refractivity contribution is 0.0945. The van der Waals surface area contributed by atoms with Gasteiger partial charge in [-0.2, -0.15) is 0 Å². The number of nitrogens with zero attached hydrogens (tertiary/aromatic N) is 2. The lowest BCUT2D eigenvalue weighted by Crippen LogP contribution is -2.32. The molecular weight excluding hydrogens is 366 g/mol. The first-order valence-electron chi connectivity index (χ1n) is 9.38. The normalized spacial score (nSPS) is 10.3. The number of carbonyl (C=O) groups excluding carboxylic acids is 2. The lowest BCUT2D eigenvalue weighted by atomic mass is 10.2. The Morgan fingerprint density at radius 2 is 1.62 bits per heavy atom. The van der Waals surface area contributed by atoms with Crippen LogP contribution in [0.15, 0.2) is 72.8 Å². The first-order chi connectivity index (χ1) is 14.1. The van der Waals surface area contributed by atoms with E-state index in [0.29, 0.717) is 18.8 Å². The minimum Gasteiger partial charge on any atom is -0.496 e. The van der Waals surface area contributed by atoms with Crippen molar-refractivity contribution >= 4 is 17.5 Å². The van der Waals surface area contributed by atoms with Crippen molar-refractivity contribution in [3.8, 4) is 5.75 Å². The van der Waals surface area contributed by atoms with Gasteiger partial charge >= 0.3 is 0 Å². The molecule has 1 aromatic heterocycles. The summed E-state index contributed by atoms with van der Waals surface area (Å²) >= 11 is 0. The van der Waals surface area contributed by atoms with E-state index in [-0.39, 0.29) is 23.2 Å². The van der Waals surface area contributed by atoms with E-state index < -0.39 is 0 Å². The van der Waals surface area contributed by atoms with E-state index in [1.165, 1.54) is 0 Å². The van der Waals surface area contributed by atoms with Crippen LogP contribution in [-0.4, -0.2) is 30.5 Å². The molecule has 0 atom stereocenters. The maximum absolute atomic E-state index is 12.9. The predicted octanol–water partition coefficient (Wildman–Crippen LogP) is 3.69. The number of anilines is 1. The van der Waals surface area contributed by atoms with Crippen LogP contribution in [0.2, 0.25) is 0 Å². The van der Waals surface area contributed by atoms with Crippen molar-refractivity contribution < 1.29 is 14.3 Å². The number of rotatable bonds is 7. The molecule has 0 saturated heterocycles. The summed E-state index contributed by atoms with van der Waals surface area (Å²) in [4.78, 5) is 31.4. The second-order valence-corrected chi connectivity index (χ2v) is 6.29. The van der Waals surface area contributed by atoms with Gasteiger partial charge < -0.3 is 15.0 Å². The van der Waals surface area contributed by atoms with Crippen LogP contribution >= 0.6 is 0 Å². The molecule has 3 aromatic rings. The van der Waals surface area contributed by atoms with Crippen LogP contribution < -0.4 is 15.0 Å². The number of para-hydroxylation sites is 2. The number of amides is 2. The Hall–Kier alpha value is -3.67. The molecule has 1 N–H and O–H groups in total. The molecule has 0 radical (unpaired) electrons. The van der Waals surface area contributed by atoms with Gasteiger partial charge in [0.05, 0.1) is 7.11 Å². The van der Waals surface area contributed by atoms with Crippen LogP contribution in [0.25, 0.3) is 0 Å². The first-order valence-corrected chi connectivity index (χ1v) is 9.38. The van der Waals surface area contributed by atoms with Gasteiger partial charge in [0.1, 0.15) is 17.1 Å². The van der Waals surface area contributed by atoms with Crippen LogP contribution in [0.1, 0.15) is 33.5 Å². The summed E-state index contributed by atoms with van der Waals surface area (Å²) < 4.78 is 5.30. The maximum atomic E-state index is 12.9. The Balaban J connectivity index is 1.74. The minimum absolute atomic E-state index is 0.190. The molecule has 2 amide bonds. The summed E-state index contributed by atoms with van der Waals surface area (Å²) in [5, 5.41) is 2.82. The summed E-state index contributed by atoms with van der Waals surface area (Å²) in [6.45, 7) is 2.69. The van der Waals surface area contributed by atoms with E-state index in [0.717, 1.165) is 11.3 Å². The monoisotopic (exact) mass is 389 g/mol. The number of pyridine rings is 1. The van der Waals surface area contributed by atoms with Crippen LogP contribution in [0, 0.1) is 0 Å². The van der Waals surface area contributed by atoms with Crippen molar-refractivity contribution in [2.45, 2.75) is 13.5 Å². The highest BCUT2D eigenvalue weighted by atomic mass is 16.5. The quantitative estimate of drug-likeness (QED) is 0.669. The highest BCUT2D eigenvalue weighted by Gasteiger charge is 2.19. The summed E-state index contributed by atoms with van der Waals surface area (Å²) in [5.41, 5.74) is 2.06. The van der Waals surface area contributed by atoms with E-state index in [1.54, 1.807) is 30.2 Å². The van der Waals surface area contributed by atoms with E-state index in [2.05, 4.69) is 10.3 Å². The number of carbonyl (C=O) groups is 2. The average Bonchev–Trinajstić information content (AvgIpc) is 2.79. The zero-order chi connectivity index (χ0) is 20.6. The molecule has 0 fully saturated rings. The van der Waals surface area contributed by atoms with Gasteiger partial charge in [-0.1, -0.05) is 42.5 Å². The molecular formula is C23H23N3O3. The van der Waals surface area contributed by atoms with Crippen molar-refractivity contribution in [2.24, 2.45) is 0 Å². The molecule has 0 aliphatic rings. The number of aromatic nitrogens is 1. The molecule has 1 heterocycles. The second-order valence-electron chi connectivity index (χ2n) is 6.29. The molecule has 0 bridgehead atoms. The Kier molecular flexibility index (Phi) is 6.58. The Morgan fingerprint density at radius 3 is 2.34 bits per heavy atom. The van der Waals surface area contributed by atoms with Gasteiger partial charge in [0.25, 0.3) is 11.8 Å². The number of hydrogen-bond acceptors (Lipinski definition) is 4. The molecule has 0 saturated carbocycles. The van der Waals surface area contributed by atoms with E-state index in [9.17, 15) is 9.59 Å². The third-order valence-electron chi connectivity index (χ3n) is 4.46. The third kappa shape index (κ3) is 4.79. The average molecular weight is 389 g/mol. The van der Waals surface area contributed by atoms with Gasteiger partial charge in [-0.15, -0.1) is 0 Å². The minimum atomic E-state index is -0.353. The molecule has 3 rings (SSSR count). The number of benzene rings is 2. The van der Waals surface area contributed by atoms with Crippen LogP contribution in [0.4, 0.5) is 5.69 Å².